The van der Waals surface area contributed by atoms with Gasteiger partial charge >= 0.3 is 5.97 Å². The Hall–Kier alpha value is -4.11. The number of nitrogens with zero attached hydrogens (tertiary/aromatic N) is 4. The summed E-state index contributed by atoms with van der Waals surface area (Å²) in [6.45, 7) is 4.11. The van der Waals surface area contributed by atoms with E-state index in [-0.39, 0.29) is 47.4 Å². The summed E-state index contributed by atoms with van der Waals surface area (Å²) < 4.78 is 13.4. The first kappa shape index (κ1) is 23.1. The van der Waals surface area contributed by atoms with Gasteiger partial charge in [-0.1, -0.05) is 23.8 Å². The van der Waals surface area contributed by atoms with Crippen molar-refractivity contribution in [2.45, 2.75) is 20.4 Å². The van der Waals surface area contributed by atoms with Gasteiger partial charge in [-0.15, -0.1) is 0 Å². The molecule has 0 spiro atoms. The molecule has 3 aromatic heterocycles. The first-order chi connectivity index (χ1) is 16.4. The van der Waals surface area contributed by atoms with Crippen molar-refractivity contribution in [1.29, 1.82) is 0 Å². The maximum absolute atomic E-state index is 13.3. The first-order valence-corrected chi connectivity index (χ1v) is 10.8. The lowest BCUT2D eigenvalue weighted by Crippen LogP contribution is -2.33. The van der Waals surface area contributed by atoms with Gasteiger partial charge in [-0.05, 0) is 44.2 Å². The van der Waals surface area contributed by atoms with E-state index in [9.17, 15) is 14.4 Å². The summed E-state index contributed by atoms with van der Waals surface area (Å²) in [5.74, 6) is -1.22. The van der Waals surface area contributed by atoms with Crippen LogP contribution in [0.1, 0.15) is 33.2 Å². The fourth-order valence-electron chi connectivity index (χ4n) is 3.69. The number of carbonyl (C=O) groups is 2. The topological polar surface area (TPSA) is 104 Å². The van der Waals surface area contributed by atoms with Crippen LogP contribution in [0.4, 0.5) is 0 Å². The van der Waals surface area contributed by atoms with Crippen LogP contribution in [0.3, 0.4) is 0 Å². The number of amides is 1. The minimum atomic E-state index is -0.691. The number of ether oxygens (including phenoxy) is 2. The highest BCUT2D eigenvalue weighted by Gasteiger charge is 2.20. The van der Waals surface area contributed by atoms with Crippen molar-refractivity contribution in [3.63, 3.8) is 0 Å². The number of aromatic nitrogens is 3. The Morgan fingerprint density at radius 2 is 1.94 bits per heavy atom. The van der Waals surface area contributed by atoms with Gasteiger partial charge in [0.1, 0.15) is 16.9 Å². The van der Waals surface area contributed by atoms with Crippen molar-refractivity contribution < 1.29 is 19.1 Å². The quantitative estimate of drug-likeness (QED) is 0.324. The lowest BCUT2D eigenvalue weighted by atomic mass is 10.1. The van der Waals surface area contributed by atoms with Crippen LogP contribution in [0.5, 0.6) is 0 Å². The van der Waals surface area contributed by atoms with Crippen LogP contribution in [0.2, 0.25) is 0 Å². The van der Waals surface area contributed by atoms with E-state index >= 15 is 0 Å². The molecule has 1 aromatic carbocycles. The first-order valence-electron chi connectivity index (χ1n) is 10.8. The molecule has 0 N–H and O–H groups in total. The number of esters is 1. The molecule has 0 unspecified atom stereocenters. The molecule has 0 atom stereocenters. The van der Waals surface area contributed by atoms with Gasteiger partial charge in [0, 0.05) is 25.4 Å². The van der Waals surface area contributed by atoms with E-state index in [2.05, 4.69) is 9.98 Å². The van der Waals surface area contributed by atoms with E-state index < -0.39 is 11.9 Å². The number of pyridine rings is 2. The summed E-state index contributed by atoms with van der Waals surface area (Å²) in [5, 5.41) is 0.199. The van der Waals surface area contributed by atoms with Crippen LogP contribution in [0.25, 0.3) is 16.7 Å². The smallest absolute Gasteiger partial charge is 0.341 e. The Morgan fingerprint density at radius 3 is 2.68 bits per heavy atom. The number of methoxy groups -OCH3 is 1. The minimum absolute atomic E-state index is 0.00115. The molecule has 3 heterocycles. The molecule has 34 heavy (non-hydrogen) atoms. The molecule has 4 rings (SSSR count). The fourth-order valence-corrected chi connectivity index (χ4v) is 3.69. The van der Waals surface area contributed by atoms with E-state index in [1.807, 2.05) is 13.0 Å². The lowest BCUT2D eigenvalue weighted by molar-refractivity contribution is 0.0523. The number of aryl methyl sites for hydroxylation is 1. The third-order valence-electron chi connectivity index (χ3n) is 5.28. The Balaban J connectivity index is 2.11. The molecular weight excluding hydrogens is 436 g/mol. The molecule has 0 aliphatic carbocycles. The molecule has 174 valence electrons. The van der Waals surface area contributed by atoms with Gasteiger partial charge in [-0.3, -0.25) is 14.0 Å². The summed E-state index contributed by atoms with van der Waals surface area (Å²) in [6.07, 6.45) is 1.60. The van der Waals surface area contributed by atoms with Crippen LogP contribution in [-0.4, -0.2) is 46.2 Å². The van der Waals surface area contributed by atoms with Crippen LogP contribution in [-0.2, 0) is 16.0 Å². The zero-order valence-electron chi connectivity index (χ0n) is 19.1. The van der Waals surface area contributed by atoms with Gasteiger partial charge in [-0.25, -0.2) is 9.78 Å². The standard InChI is InChI=1S/C25H24N4O5/c1-4-34-25(32)19-15-18-21(26-20-10-5-6-11-28(20)24(18)31)29(12-13-33-3)22(19)27-23(30)17-9-7-8-16(2)14-17/h5-11,14-15H,4,12-13H2,1-3H3. The predicted octanol–water partition coefficient (Wildman–Crippen LogP) is 2.52. The highest BCUT2D eigenvalue weighted by Crippen LogP contribution is 2.12. The molecule has 0 saturated heterocycles. The Bertz CT molecular complexity index is 1530. The van der Waals surface area contributed by atoms with Gasteiger partial charge in [0.05, 0.1) is 18.6 Å². The van der Waals surface area contributed by atoms with Gasteiger partial charge in [0.2, 0.25) is 0 Å². The largest absolute Gasteiger partial charge is 0.462 e. The number of hydrogen-bond acceptors (Lipinski definition) is 6. The van der Waals surface area contributed by atoms with Crippen molar-refractivity contribution in [2.24, 2.45) is 4.99 Å². The summed E-state index contributed by atoms with van der Waals surface area (Å²) in [7, 11) is 1.53. The third-order valence-corrected chi connectivity index (χ3v) is 5.28. The number of benzene rings is 1. The maximum atomic E-state index is 13.3. The Kier molecular flexibility index (Phi) is 6.65. The minimum Gasteiger partial charge on any atom is -0.462 e. The van der Waals surface area contributed by atoms with E-state index in [0.717, 1.165) is 5.56 Å². The highest BCUT2D eigenvalue weighted by atomic mass is 16.5. The van der Waals surface area contributed by atoms with Crippen LogP contribution in [0.15, 0.2) is 64.5 Å². The average molecular weight is 460 g/mol. The molecule has 9 heteroatoms. The van der Waals surface area contributed by atoms with Crippen molar-refractivity contribution >= 4 is 28.6 Å². The highest BCUT2D eigenvalue weighted by molar-refractivity contribution is 5.97. The molecule has 0 radical (unpaired) electrons. The summed E-state index contributed by atoms with van der Waals surface area (Å²) in [6, 6.07) is 13.6. The number of fused-ring (bicyclic) bond motifs is 2. The maximum Gasteiger partial charge on any atom is 0.341 e. The molecule has 0 saturated carbocycles. The van der Waals surface area contributed by atoms with E-state index in [1.165, 1.54) is 17.6 Å². The van der Waals surface area contributed by atoms with Crippen molar-refractivity contribution in [2.75, 3.05) is 20.3 Å². The summed E-state index contributed by atoms with van der Waals surface area (Å²) >= 11 is 0. The van der Waals surface area contributed by atoms with Crippen LogP contribution < -0.4 is 11.0 Å². The SMILES string of the molecule is CCOC(=O)c1cc2c(=O)n3ccccc3nc2n(CCOC)c1=NC(=O)c1cccc(C)c1. The van der Waals surface area contributed by atoms with Gasteiger partial charge < -0.3 is 14.0 Å². The molecule has 4 aromatic rings. The number of hydrogen-bond donors (Lipinski definition) is 0. The Morgan fingerprint density at radius 1 is 1.12 bits per heavy atom. The predicted molar refractivity (Wildman–Crippen MR) is 126 cm³/mol. The second kappa shape index (κ2) is 9.80. The van der Waals surface area contributed by atoms with Crippen molar-refractivity contribution in [1.82, 2.24) is 14.0 Å². The second-order valence-corrected chi connectivity index (χ2v) is 7.62. The molecule has 0 bridgehead atoms. The Labute approximate surface area is 194 Å². The van der Waals surface area contributed by atoms with E-state index in [0.29, 0.717) is 11.2 Å². The molecule has 1 amide bonds. The third kappa shape index (κ3) is 4.38. The molecule has 0 fully saturated rings. The molecular formula is C25H24N4O5. The zero-order chi connectivity index (χ0) is 24.2. The van der Waals surface area contributed by atoms with Gasteiger partial charge in [0.15, 0.2) is 5.49 Å². The molecule has 9 nitrogen and oxygen atoms in total. The lowest BCUT2D eigenvalue weighted by Gasteiger charge is -2.15. The molecule has 0 aliphatic heterocycles. The summed E-state index contributed by atoms with van der Waals surface area (Å²) in [4.78, 5) is 48.2. The van der Waals surface area contributed by atoms with Crippen LogP contribution >= 0.6 is 0 Å². The zero-order valence-corrected chi connectivity index (χ0v) is 19.1. The molecule has 0 aliphatic rings. The number of carbonyl (C=O) groups excluding carboxylic acids is 2. The van der Waals surface area contributed by atoms with Crippen molar-refractivity contribution in [3.05, 3.63) is 87.3 Å². The van der Waals surface area contributed by atoms with Gasteiger partial charge in [0.25, 0.3) is 11.5 Å². The monoisotopic (exact) mass is 460 g/mol. The number of rotatable bonds is 6. The fraction of sp³-hybridized carbons (Fsp3) is 0.240. The summed E-state index contributed by atoms with van der Waals surface area (Å²) in [5.41, 5.74) is 1.69. The average Bonchev–Trinajstić information content (AvgIpc) is 2.83. The van der Waals surface area contributed by atoms with E-state index in [4.69, 9.17) is 9.47 Å². The van der Waals surface area contributed by atoms with E-state index in [1.54, 1.807) is 54.1 Å². The van der Waals surface area contributed by atoms with Crippen molar-refractivity contribution in [3.8, 4) is 0 Å². The normalized spacial score (nSPS) is 11.8. The second-order valence-electron chi connectivity index (χ2n) is 7.62. The van der Waals surface area contributed by atoms with Crippen LogP contribution in [0, 0.1) is 6.92 Å². The van der Waals surface area contributed by atoms with Gasteiger partial charge in [-0.2, -0.15) is 4.99 Å².